The number of nitrogens with zero attached hydrogens (tertiary/aromatic N) is 1. The first kappa shape index (κ1) is 74.8. The Morgan fingerprint density at radius 1 is 0.320 bits per heavy atom. The number of carbonyl (C=O) groups is 3. The number of rotatable bonds is 58. The lowest BCUT2D eigenvalue weighted by atomic mass is 9.99. The molecule has 0 amide bonds. The second kappa shape index (κ2) is 57.9. The van der Waals surface area contributed by atoms with Crippen molar-refractivity contribution in [3.05, 3.63) is 36.5 Å². The van der Waals surface area contributed by atoms with E-state index in [9.17, 15) is 14.4 Å². The largest absolute Gasteiger partial charge is 1.00 e. The molecule has 10 nitrogen and oxygen atoms in total. The summed E-state index contributed by atoms with van der Waals surface area (Å²) in [6.45, 7) is 9.44. The minimum Gasteiger partial charge on any atom is -1.00 e. The van der Waals surface area contributed by atoms with Crippen molar-refractivity contribution in [3.63, 3.8) is 0 Å². The molecule has 0 aromatic carbocycles. The molecule has 0 aliphatic carbocycles. The molecule has 0 atom stereocenters. The summed E-state index contributed by atoms with van der Waals surface area (Å²) < 4.78 is 35.6. The highest BCUT2D eigenvalue weighted by atomic mass is 35.5. The summed E-state index contributed by atoms with van der Waals surface area (Å²) in [6, 6.07) is 0. The predicted molar refractivity (Wildman–Crippen MR) is 311 cm³/mol. The molecule has 0 aromatic heterocycles. The summed E-state index contributed by atoms with van der Waals surface area (Å²) in [4.78, 5) is 37.9. The van der Waals surface area contributed by atoms with Crippen LogP contribution in [-0.4, -0.2) is 109 Å². The van der Waals surface area contributed by atoms with E-state index in [0.29, 0.717) is 24.3 Å². The standard InChI is InChI=1S/C64H120NO9.ClH/c1-7-10-13-16-19-22-25-28-31-34-37-40-43-46-52-72-61(66)49-55-69-58-64(65(4,5)6,59-70-56-50-62(67)73-53-47-44-41-38-35-32-29-26-23-20-17-14-11-8-2)60-71-57-51-63(68)74-54-48-45-42-39-36-33-30-27-24-21-18-15-12-9-3;/h22-27H,7-21,28-60H2,1-6H3;1H/q+1;/p-1/b25-22-,26-23?,27-24?;. The van der Waals surface area contributed by atoms with Crippen LogP contribution in [0.5, 0.6) is 0 Å². The van der Waals surface area contributed by atoms with Crippen LogP contribution in [0.15, 0.2) is 36.5 Å². The molecule has 0 aliphatic rings. The summed E-state index contributed by atoms with van der Waals surface area (Å²) in [5, 5.41) is 0. The molecule has 0 heterocycles. The van der Waals surface area contributed by atoms with Crippen LogP contribution in [0.2, 0.25) is 0 Å². The van der Waals surface area contributed by atoms with Crippen molar-refractivity contribution < 1.29 is 59.7 Å². The van der Waals surface area contributed by atoms with Gasteiger partial charge in [-0.25, -0.2) is 0 Å². The van der Waals surface area contributed by atoms with Gasteiger partial charge < -0.3 is 45.3 Å². The van der Waals surface area contributed by atoms with Gasteiger partial charge >= 0.3 is 17.9 Å². The summed E-state index contributed by atoms with van der Waals surface area (Å²) in [6.07, 6.45) is 58.1. The average Bonchev–Trinajstić information content (AvgIpc) is 3.38. The maximum absolute atomic E-state index is 12.6. The zero-order valence-electron chi connectivity index (χ0n) is 49.9. The van der Waals surface area contributed by atoms with E-state index in [1.54, 1.807) is 0 Å². The Labute approximate surface area is 469 Å². The number of esters is 3. The van der Waals surface area contributed by atoms with E-state index in [1.807, 2.05) is 0 Å². The van der Waals surface area contributed by atoms with Crippen molar-refractivity contribution in [1.29, 1.82) is 0 Å². The van der Waals surface area contributed by atoms with E-state index in [2.05, 4.69) is 78.4 Å². The van der Waals surface area contributed by atoms with Crippen LogP contribution < -0.4 is 12.4 Å². The number of carbonyl (C=O) groups excluding carboxylic acids is 3. The van der Waals surface area contributed by atoms with Gasteiger partial charge in [0.05, 0.1) is 80.0 Å². The van der Waals surface area contributed by atoms with Gasteiger partial charge in [-0.2, -0.15) is 0 Å². The van der Waals surface area contributed by atoms with Gasteiger partial charge in [-0.05, 0) is 96.3 Å². The van der Waals surface area contributed by atoms with E-state index < -0.39 is 5.54 Å². The molecule has 11 heteroatoms. The predicted octanol–water partition coefficient (Wildman–Crippen LogP) is 14.1. The molecular formula is C64H120ClNO9. The van der Waals surface area contributed by atoms with Gasteiger partial charge in [-0.3, -0.25) is 14.4 Å². The minimum atomic E-state index is -0.683. The lowest BCUT2D eigenvalue weighted by molar-refractivity contribution is -0.926. The monoisotopic (exact) mass is 1080 g/mol. The number of likely N-dealkylation sites (N-methyl/N-ethyl adjacent to an activating group) is 1. The number of ether oxygens (including phenoxy) is 6. The third-order valence-electron chi connectivity index (χ3n) is 14.1. The van der Waals surface area contributed by atoms with Crippen molar-refractivity contribution in [2.45, 2.75) is 277 Å². The van der Waals surface area contributed by atoms with Crippen LogP contribution in [0.1, 0.15) is 271 Å². The summed E-state index contributed by atoms with van der Waals surface area (Å²) >= 11 is 0. The van der Waals surface area contributed by atoms with Crippen molar-refractivity contribution in [3.8, 4) is 0 Å². The zero-order chi connectivity index (χ0) is 54.2. The number of allylic oxidation sites excluding steroid dienone is 6. The van der Waals surface area contributed by atoms with Crippen molar-refractivity contribution in [1.82, 2.24) is 0 Å². The summed E-state index contributed by atoms with van der Waals surface area (Å²) in [5.74, 6) is -0.777. The van der Waals surface area contributed by atoms with Gasteiger partial charge in [0.25, 0.3) is 0 Å². The lowest BCUT2D eigenvalue weighted by Gasteiger charge is -2.45. The maximum atomic E-state index is 12.6. The van der Waals surface area contributed by atoms with E-state index in [-0.39, 0.29) is 89.2 Å². The first-order chi connectivity index (χ1) is 36.1. The fraction of sp³-hybridized carbons (Fsp3) is 0.859. The quantitative estimate of drug-likeness (QED) is 0.0193. The second-order valence-electron chi connectivity index (χ2n) is 22.0. The SMILES string of the molecule is CCCCCCC=CCCCCCCCCOC(=O)CCOCC(COCCC(=O)OCCCCCCCCC=CCCCCCC)(COCCC(=O)OCCCCCCCC/C=C\CCCCCC)[N+](C)(C)C.[Cl-]. The Morgan fingerprint density at radius 2 is 0.533 bits per heavy atom. The second-order valence-corrected chi connectivity index (χ2v) is 22.0. The molecule has 0 rings (SSSR count). The third kappa shape index (κ3) is 52.2. The topological polar surface area (TPSA) is 107 Å². The Kier molecular flexibility index (Phi) is 57.8. The first-order valence-corrected chi connectivity index (χ1v) is 31.1. The summed E-state index contributed by atoms with van der Waals surface area (Å²) in [5.41, 5.74) is -0.683. The molecule has 0 fully saturated rings. The minimum absolute atomic E-state index is 0. The van der Waals surface area contributed by atoms with Crippen LogP contribution in [-0.2, 0) is 42.8 Å². The van der Waals surface area contributed by atoms with E-state index in [4.69, 9.17) is 28.4 Å². The van der Waals surface area contributed by atoms with Gasteiger partial charge in [-0.15, -0.1) is 0 Å². The Hall–Kier alpha value is -2.24. The molecule has 0 bridgehead atoms. The zero-order valence-corrected chi connectivity index (χ0v) is 50.7. The molecule has 0 radical (unpaired) electrons. The Morgan fingerprint density at radius 3 is 0.760 bits per heavy atom. The highest BCUT2D eigenvalue weighted by Gasteiger charge is 2.44. The van der Waals surface area contributed by atoms with Crippen molar-refractivity contribution in [2.24, 2.45) is 0 Å². The van der Waals surface area contributed by atoms with Gasteiger partial charge in [0, 0.05) is 0 Å². The van der Waals surface area contributed by atoms with Gasteiger partial charge in [-0.1, -0.05) is 192 Å². The molecule has 442 valence electrons. The van der Waals surface area contributed by atoms with E-state index >= 15 is 0 Å². The third-order valence-corrected chi connectivity index (χ3v) is 14.1. The van der Waals surface area contributed by atoms with Crippen LogP contribution >= 0.6 is 0 Å². The van der Waals surface area contributed by atoms with Gasteiger partial charge in [0.2, 0.25) is 0 Å². The molecule has 0 unspecified atom stereocenters. The smallest absolute Gasteiger partial charge is 0.308 e. The van der Waals surface area contributed by atoms with Crippen molar-refractivity contribution in [2.75, 3.05) is 80.6 Å². The number of hydrogen-bond donors (Lipinski definition) is 0. The maximum Gasteiger partial charge on any atom is 0.308 e. The highest BCUT2D eigenvalue weighted by Crippen LogP contribution is 2.23. The molecule has 0 saturated heterocycles. The number of hydrogen-bond acceptors (Lipinski definition) is 9. The Balaban J connectivity index is 0. The molecule has 75 heavy (non-hydrogen) atoms. The van der Waals surface area contributed by atoms with Gasteiger partial charge in [0.1, 0.15) is 19.8 Å². The molecule has 0 spiro atoms. The van der Waals surface area contributed by atoms with E-state index in [0.717, 1.165) is 57.8 Å². The fourth-order valence-corrected chi connectivity index (χ4v) is 8.72. The number of unbranched alkanes of at least 4 members (excludes halogenated alkanes) is 30. The summed E-state index contributed by atoms with van der Waals surface area (Å²) in [7, 11) is 6.17. The molecule has 0 aliphatic heterocycles. The normalized spacial score (nSPS) is 12.7. The highest BCUT2D eigenvalue weighted by molar-refractivity contribution is 5.70. The average molecular weight is 1080 g/mol. The number of halogens is 1. The van der Waals surface area contributed by atoms with Crippen LogP contribution in [0, 0.1) is 0 Å². The molecule has 0 saturated carbocycles. The van der Waals surface area contributed by atoms with Gasteiger partial charge in [0.15, 0.2) is 5.54 Å². The van der Waals surface area contributed by atoms with Crippen LogP contribution in [0.3, 0.4) is 0 Å². The fourth-order valence-electron chi connectivity index (χ4n) is 8.72. The van der Waals surface area contributed by atoms with Crippen LogP contribution in [0.4, 0.5) is 0 Å². The molecule has 0 aromatic rings. The molecule has 0 N–H and O–H groups in total. The van der Waals surface area contributed by atoms with E-state index in [1.165, 1.54) is 173 Å². The first-order valence-electron chi connectivity index (χ1n) is 31.1. The van der Waals surface area contributed by atoms with Crippen LogP contribution in [0.25, 0.3) is 0 Å². The van der Waals surface area contributed by atoms with Crippen molar-refractivity contribution >= 4 is 17.9 Å². The number of quaternary nitrogens is 1. The Bertz CT molecular complexity index is 1190. The lowest BCUT2D eigenvalue weighted by Crippen LogP contribution is -3.00. The molecular weight excluding hydrogens is 962 g/mol.